The lowest BCUT2D eigenvalue weighted by atomic mass is 9.96. The van der Waals surface area contributed by atoms with Gasteiger partial charge >= 0.3 is 0 Å². The second kappa shape index (κ2) is 5.48. The van der Waals surface area contributed by atoms with Gasteiger partial charge in [0.15, 0.2) is 0 Å². The molecule has 2 aliphatic rings. The van der Waals surface area contributed by atoms with Crippen LogP contribution in [-0.2, 0) is 0 Å². The van der Waals surface area contributed by atoms with Gasteiger partial charge in [-0.05, 0) is 32.4 Å². The normalized spacial score (nSPS) is 27.2. The molecular formula is C15H20FN3O. The Morgan fingerprint density at radius 2 is 2.25 bits per heavy atom. The van der Waals surface area contributed by atoms with Crippen LogP contribution in [0.4, 0.5) is 4.39 Å². The fourth-order valence-corrected chi connectivity index (χ4v) is 3.34. The molecule has 108 valence electrons. The summed E-state index contributed by atoms with van der Waals surface area (Å²) in [7, 11) is 0. The van der Waals surface area contributed by atoms with Gasteiger partial charge < -0.3 is 4.90 Å². The number of amides is 1. The highest BCUT2D eigenvalue weighted by molar-refractivity contribution is 5.94. The third-order valence-electron chi connectivity index (χ3n) is 4.42. The zero-order valence-electron chi connectivity index (χ0n) is 11.8. The zero-order valence-corrected chi connectivity index (χ0v) is 11.8. The van der Waals surface area contributed by atoms with E-state index in [1.54, 1.807) is 6.07 Å². The molecule has 1 aromatic heterocycles. The molecule has 0 radical (unpaired) electrons. The number of hydrogen-bond acceptors (Lipinski definition) is 3. The van der Waals surface area contributed by atoms with Crippen molar-refractivity contribution in [3.63, 3.8) is 0 Å². The number of piperazine rings is 1. The van der Waals surface area contributed by atoms with Crippen molar-refractivity contribution >= 4 is 5.91 Å². The summed E-state index contributed by atoms with van der Waals surface area (Å²) in [5, 5.41) is 0. The molecule has 4 nitrogen and oxygen atoms in total. The largest absolute Gasteiger partial charge is 0.333 e. The quantitative estimate of drug-likeness (QED) is 0.736. The van der Waals surface area contributed by atoms with Gasteiger partial charge in [0, 0.05) is 43.0 Å². The molecule has 2 saturated heterocycles. The molecule has 2 atom stereocenters. The number of carbonyl (C=O) groups is 1. The molecule has 0 spiro atoms. The summed E-state index contributed by atoms with van der Waals surface area (Å²) in [5.41, 5.74) is 0.397. The average Bonchev–Trinajstić information content (AvgIpc) is 2.46. The SMILES string of the molecule is CC1CN2CCCCC2CN1C(=O)c1ccnc(F)c1. The van der Waals surface area contributed by atoms with Crippen LogP contribution in [0, 0.1) is 5.95 Å². The van der Waals surface area contributed by atoms with Crippen molar-refractivity contribution in [2.45, 2.75) is 38.3 Å². The predicted molar refractivity (Wildman–Crippen MR) is 73.9 cm³/mol. The molecular weight excluding hydrogens is 257 g/mol. The smallest absolute Gasteiger partial charge is 0.254 e. The van der Waals surface area contributed by atoms with Crippen molar-refractivity contribution in [2.75, 3.05) is 19.6 Å². The van der Waals surface area contributed by atoms with Gasteiger partial charge in [0.05, 0.1) is 0 Å². The molecule has 0 saturated carbocycles. The van der Waals surface area contributed by atoms with Crippen LogP contribution < -0.4 is 0 Å². The number of halogens is 1. The zero-order chi connectivity index (χ0) is 14.1. The minimum atomic E-state index is -0.597. The van der Waals surface area contributed by atoms with E-state index in [4.69, 9.17) is 0 Å². The first-order chi connectivity index (χ1) is 9.65. The number of nitrogens with zero attached hydrogens (tertiary/aromatic N) is 3. The highest BCUT2D eigenvalue weighted by atomic mass is 19.1. The van der Waals surface area contributed by atoms with Gasteiger partial charge in [-0.1, -0.05) is 6.42 Å². The summed E-state index contributed by atoms with van der Waals surface area (Å²) >= 11 is 0. The molecule has 0 aromatic carbocycles. The molecule has 20 heavy (non-hydrogen) atoms. The Bertz CT molecular complexity index is 508. The second-order valence-corrected chi connectivity index (χ2v) is 5.82. The topological polar surface area (TPSA) is 36.4 Å². The van der Waals surface area contributed by atoms with Crippen molar-refractivity contribution < 1.29 is 9.18 Å². The maximum atomic E-state index is 13.2. The molecule has 0 bridgehead atoms. The highest BCUT2D eigenvalue weighted by Gasteiger charge is 2.35. The number of pyridine rings is 1. The van der Waals surface area contributed by atoms with Gasteiger partial charge in [-0.25, -0.2) is 4.98 Å². The standard InChI is InChI=1S/C15H20FN3O/c1-11-9-18-7-3-2-4-13(18)10-19(11)15(20)12-5-6-17-14(16)8-12/h5-6,8,11,13H,2-4,7,9-10H2,1H3. The maximum Gasteiger partial charge on any atom is 0.254 e. The van der Waals surface area contributed by atoms with E-state index < -0.39 is 5.95 Å². The monoisotopic (exact) mass is 277 g/mol. The summed E-state index contributed by atoms with van der Waals surface area (Å²) in [4.78, 5) is 20.4. The molecule has 5 heteroatoms. The lowest BCUT2D eigenvalue weighted by Crippen LogP contribution is -2.60. The van der Waals surface area contributed by atoms with Crippen LogP contribution in [-0.4, -0.2) is 52.4 Å². The van der Waals surface area contributed by atoms with Gasteiger partial charge in [-0.3, -0.25) is 9.69 Å². The Morgan fingerprint density at radius 1 is 1.40 bits per heavy atom. The fraction of sp³-hybridized carbons (Fsp3) is 0.600. The van der Waals surface area contributed by atoms with Crippen molar-refractivity contribution in [3.05, 3.63) is 29.8 Å². The molecule has 1 amide bonds. The first-order valence-electron chi connectivity index (χ1n) is 7.32. The summed E-state index contributed by atoms with van der Waals surface area (Å²) in [5.74, 6) is -0.677. The number of piperidine rings is 1. The molecule has 1 aromatic rings. The van der Waals surface area contributed by atoms with Crippen molar-refractivity contribution in [2.24, 2.45) is 0 Å². The van der Waals surface area contributed by atoms with Crippen molar-refractivity contribution in [1.82, 2.24) is 14.8 Å². The average molecular weight is 277 g/mol. The second-order valence-electron chi connectivity index (χ2n) is 5.82. The van der Waals surface area contributed by atoms with E-state index in [-0.39, 0.29) is 11.9 Å². The number of carbonyl (C=O) groups excluding carboxylic acids is 1. The first-order valence-corrected chi connectivity index (χ1v) is 7.32. The number of rotatable bonds is 1. The molecule has 3 heterocycles. The first kappa shape index (κ1) is 13.5. The lowest BCUT2D eigenvalue weighted by Gasteiger charge is -2.47. The molecule has 0 aliphatic carbocycles. The van der Waals surface area contributed by atoms with Gasteiger partial charge in [0.25, 0.3) is 5.91 Å². The molecule has 2 aliphatic heterocycles. The Hall–Kier alpha value is -1.49. The molecule has 0 N–H and O–H groups in total. The van der Waals surface area contributed by atoms with Gasteiger partial charge in [0.2, 0.25) is 5.95 Å². The predicted octanol–water partition coefficient (Wildman–Crippen LogP) is 1.92. The fourth-order valence-electron chi connectivity index (χ4n) is 3.34. The van der Waals surface area contributed by atoms with Crippen LogP contribution in [0.15, 0.2) is 18.3 Å². The van der Waals surface area contributed by atoms with E-state index in [2.05, 4.69) is 16.8 Å². The Labute approximate surface area is 118 Å². The lowest BCUT2D eigenvalue weighted by molar-refractivity contribution is 0.0151. The van der Waals surface area contributed by atoms with E-state index in [0.29, 0.717) is 11.6 Å². The van der Waals surface area contributed by atoms with Crippen LogP contribution in [0.5, 0.6) is 0 Å². The van der Waals surface area contributed by atoms with Gasteiger partial charge in [-0.15, -0.1) is 0 Å². The Morgan fingerprint density at radius 3 is 3.05 bits per heavy atom. The minimum Gasteiger partial charge on any atom is -0.333 e. The third kappa shape index (κ3) is 2.54. The summed E-state index contributed by atoms with van der Waals surface area (Å²) < 4.78 is 13.2. The summed E-state index contributed by atoms with van der Waals surface area (Å²) in [6.07, 6.45) is 5.00. The minimum absolute atomic E-state index is 0.0796. The van der Waals surface area contributed by atoms with Crippen LogP contribution in [0.3, 0.4) is 0 Å². The molecule has 2 unspecified atom stereocenters. The molecule has 2 fully saturated rings. The van der Waals surface area contributed by atoms with Crippen LogP contribution in [0.2, 0.25) is 0 Å². The van der Waals surface area contributed by atoms with E-state index in [1.807, 2.05) is 4.90 Å². The Kier molecular flexibility index (Phi) is 3.70. The number of hydrogen-bond donors (Lipinski definition) is 0. The van der Waals surface area contributed by atoms with E-state index >= 15 is 0 Å². The summed E-state index contributed by atoms with van der Waals surface area (Å²) in [6.45, 7) is 4.88. The number of aromatic nitrogens is 1. The van der Waals surface area contributed by atoms with Gasteiger partial charge in [0.1, 0.15) is 0 Å². The summed E-state index contributed by atoms with van der Waals surface area (Å²) in [6, 6.07) is 3.46. The van der Waals surface area contributed by atoms with E-state index in [0.717, 1.165) is 26.1 Å². The molecule has 3 rings (SSSR count). The van der Waals surface area contributed by atoms with Crippen LogP contribution in [0.25, 0.3) is 0 Å². The highest BCUT2D eigenvalue weighted by Crippen LogP contribution is 2.25. The van der Waals surface area contributed by atoms with Crippen molar-refractivity contribution in [3.8, 4) is 0 Å². The number of fused-ring (bicyclic) bond motifs is 1. The third-order valence-corrected chi connectivity index (χ3v) is 4.42. The van der Waals surface area contributed by atoms with Crippen molar-refractivity contribution in [1.29, 1.82) is 0 Å². The van der Waals surface area contributed by atoms with E-state index in [1.165, 1.54) is 25.1 Å². The van der Waals surface area contributed by atoms with Gasteiger partial charge in [-0.2, -0.15) is 4.39 Å². The van der Waals surface area contributed by atoms with E-state index in [9.17, 15) is 9.18 Å². The maximum absolute atomic E-state index is 13.2. The van der Waals surface area contributed by atoms with Crippen LogP contribution in [0.1, 0.15) is 36.5 Å². The van der Waals surface area contributed by atoms with Crippen LogP contribution >= 0.6 is 0 Å². The Balaban J connectivity index is 1.77.